The highest BCUT2D eigenvalue weighted by Crippen LogP contribution is 2.43. The van der Waals surface area contributed by atoms with Crippen LogP contribution in [0.25, 0.3) is 0 Å². The minimum absolute atomic E-state index is 0.0738. The number of carbonyl (C=O) groups excluding carboxylic acids is 2. The Bertz CT molecular complexity index is 1090. The summed E-state index contributed by atoms with van der Waals surface area (Å²) in [6.45, 7) is 15.7. The number of nitrogens with one attached hydrogen (secondary N) is 1. The second-order valence-corrected chi connectivity index (χ2v) is 17.2. The van der Waals surface area contributed by atoms with Crippen molar-refractivity contribution >= 4 is 25.6 Å². The molecule has 1 aliphatic carbocycles. The van der Waals surface area contributed by atoms with Gasteiger partial charge in [-0.3, -0.25) is 9.78 Å². The summed E-state index contributed by atoms with van der Waals surface area (Å²) in [6, 6.07) is 5.75. The minimum Gasteiger partial charge on any atom is -0.495 e. The van der Waals surface area contributed by atoms with Gasteiger partial charge in [-0.1, -0.05) is 47.3 Å². The number of carbonyl (C=O) groups is 2. The van der Waals surface area contributed by atoms with Gasteiger partial charge in [0.2, 0.25) is 0 Å². The summed E-state index contributed by atoms with van der Waals surface area (Å²) in [7, 11) is 0.205. The molecule has 8 heteroatoms. The molecule has 1 aromatic carbocycles. The molecule has 1 aromatic heterocycles. The van der Waals surface area contributed by atoms with E-state index in [9.17, 15) is 9.59 Å². The molecule has 7 nitrogen and oxygen atoms in total. The molecule has 1 aliphatic rings. The van der Waals surface area contributed by atoms with Crippen LogP contribution in [0.1, 0.15) is 72.8 Å². The highest BCUT2D eigenvalue weighted by molar-refractivity contribution is 6.76. The van der Waals surface area contributed by atoms with Crippen molar-refractivity contribution in [2.75, 3.05) is 19.0 Å². The average molecular weight is 484 g/mol. The van der Waals surface area contributed by atoms with Gasteiger partial charge in [-0.05, 0) is 37.1 Å². The molecule has 1 N–H and O–H groups in total. The van der Waals surface area contributed by atoms with E-state index in [1.807, 2.05) is 0 Å². The van der Waals surface area contributed by atoms with Gasteiger partial charge in [0, 0.05) is 18.9 Å². The van der Waals surface area contributed by atoms with E-state index in [-0.39, 0.29) is 22.4 Å². The van der Waals surface area contributed by atoms with Crippen molar-refractivity contribution in [1.82, 2.24) is 9.97 Å². The lowest BCUT2D eigenvalue weighted by Crippen LogP contribution is -2.36. The second-order valence-electron chi connectivity index (χ2n) is 11.5. The monoisotopic (exact) mass is 483 g/mol. The second kappa shape index (κ2) is 9.48. The van der Waals surface area contributed by atoms with Crippen LogP contribution in [0.3, 0.4) is 0 Å². The Kier molecular flexibility index (Phi) is 7.22. The molecule has 3 rings (SSSR count). The van der Waals surface area contributed by atoms with E-state index < -0.39 is 14.0 Å². The zero-order valence-electron chi connectivity index (χ0n) is 21.7. The number of anilines is 1. The molecule has 0 fully saturated rings. The Morgan fingerprint density at radius 3 is 2.32 bits per heavy atom. The third-order valence-corrected chi connectivity index (χ3v) is 8.14. The van der Waals surface area contributed by atoms with Crippen LogP contribution >= 0.6 is 0 Å². The summed E-state index contributed by atoms with van der Waals surface area (Å²) in [5, 5.41) is 2.85. The molecular formula is C26H37N3O4Si. The molecule has 0 radical (unpaired) electrons. The number of hydrogen-bond acceptors (Lipinski definition) is 6. The number of benzene rings is 1. The minimum atomic E-state index is -1.29. The number of aromatic nitrogens is 2. The van der Waals surface area contributed by atoms with E-state index >= 15 is 0 Å². The lowest BCUT2D eigenvalue weighted by Gasteiger charge is -2.39. The summed E-state index contributed by atoms with van der Waals surface area (Å²) in [5.41, 5.74) is 2.68. The van der Waals surface area contributed by atoms with Gasteiger partial charge in [0.25, 0.3) is 5.91 Å². The Balaban J connectivity index is 1.78. The molecule has 0 atom stereocenters. The molecule has 184 valence electrons. The fourth-order valence-corrected chi connectivity index (χ4v) is 4.68. The van der Waals surface area contributed by atoms with Gasteiger partial charge >= 0.3 is 5.97 Å². The first-order valence-electron chi connectivity index (χ1n) is 11.8. The Hall–Kier alpha value is -2.74. The normalized spacial score (nSPS) is 16.4. The van der Waals surface area contributed by atoms with Crippen molar-refractivity contribution in [2.45, 2.75) is 77.1 Å². The van der Waals surface area contributed by atoms with E-state index in [1.54, 1.807) is 18.2 Å². The number of fused-ring (bicyclic) bond motifs is 1. The number of esters is 1. The maximum absolute atomic E-state index is 13.0. The summed E-state index contributed by atoms with van der Waals surface area (Å²) in [5.74, 6) is -0.404. The van der Waals surface area contributed by atoms with Crippen LogP contribution in [0.4, 0.5) is 5.69 Å². The molecule has 0 bridgehead atoms. The zero-order chi connectivity index (χ0) is 25.3. The molecule has 0 saturated carbocycles. The van der Waals surface area contributed by atoms with E-state index in [2.05, 4.69) is 57.6 Å². The molecule has 34 heavy (non-hydrogen) atoms. The van der Waals surface area contributed by atoms with Crippen LogP contribution in [0.15, 0.2) is 24.4 Å². The number of amides is 1. The molecule has 0 aliphatic heterocycles. The van der Waals surface area contributed by atoms with E-state index in [4.69, 9.17) is 14.5 Å². The SMILES string of the molecule is COc1cc(C(=O)OCC[Si](C)(C)C)ccc1NC(=O)c1cnc2c(n1)C(C)(C)CCC2(C)C. The zero-order valence-corrected chi connectivity index (χ0v) is 22.7. The average Bonchev–Trinajstić information content (AvgIpc) is 2.76. The van der Waals surface area contributed by atoms with E-state index in [0.29, 0.717) is 23.6 Å². The molecule has 2 aromatic rings. The van der Waals surface area contributed by atoms with Gasteiger partial charge in [0.1, 0.15) is 11.4 Å². The maximum atomic E-state index is 13.0. The third-order valence-electron chi connectivity index (χ3n) is 6.43. The standard InChI is InChI=1S/C26H37N3O4Si/c1-25(2)11-12-26(3,4)22-21(25)27-16-19(28-22)23(30)29-18-10-9-17(15-20(18)32-5)24(31)33-13-14-34(6,7)8/h9-10,15-16H,11-14H2,1-8H3,(H,29,30). The molecule has 0 saturated heterocycles. The summed E-state index contributed by atoms with van der Waals surface area (Å²) in [6.07, 6.45) is 3.54. The largest absolute Gasteiger partial charge is 0.495 e. The summed E-state index contributed by atoms with van der Waals surface area (Å²) in [4.78, 5) is 34.8. The molecule has 1 amide bonds. The van der Waals surface area contributed by atoms with Crippen molar-refractivity contribution < 1.29 is 19.1 Å². The van der Waals surface area contributed by atoms with Crippen molar-refractivity contribution in [1.29, 1.82) is 0 Å². The highest BCUT2D eigenvalue weighted by Gasteiger charge is 2.40. The third kappa shape index (κ3) is 5.84. The molecule has 0 spiro atoms. The van der Waals surface area contributed by atoms with Gasteiger partial charge in [-0.2, -0.15) is 0 Å². The Morgan fingerprint density at radius 2 is 1.71 bits per heavy atom. The number of hydrogen-bond donors (Lipinski definition) is 1. The van der Waals surface area contributed by atoms with E-state index in [0.717, 1.165) is 30.3 Å². The van der Waals surface area contributed by atoms with Crippen LogP contribution in [-0.2, 0) is 15.6 Å². The summed E-state index contributed by atoms with van der Waals surface area (Å²) < 4.78 is 10.8. The molecule has 1 heterocycles. The fourth-order valence-electron chi connectivity index (χ4n) is 3.97. The lowest BCUT2D eigenvalue weighted by molar-refractivity contribution is 0.0525. The number of nitrogens with zero attached hydrogens (tertiary/aromatic N) is 2. The maximum Gasteiger partial charge on any atom is 0.338 e. The smallest absolute Gasteiger partial charge is 0.338 e. The van der Waals surface area contributed by atoms with Gasteiger partial charge < -0.3 is 14.8 Å². The Labute approximate surface area is 203 Å². The van der Waals surface area contributed by atoms with E-state index in [1.165, 1.54) is 13.3 Å². The number of methoxy groups -OCH3 is 1. The first kappa shape index (κ1) is 25.9. The van der Waals surface area contributed by atoms with Crippen LogP contribution in [-0.4, -0.2) is 43.6 Å². The van der Waals surface area contributed by atoms with Gasteiger partial charge in [-0.15, -0.1) is 0 Å². The fraction of sp³-hybridized carbons (Fsp3) is 0.538. The predicted octanol–water partition coefficient (Wildman–Crippen LogP) is 5.58. The van der Waals surface area contributed by atoms with Crippen molar-refractivity contribution in [3.05, 3.63) is 47.0 Å². The number of ether oxygens (including phenoxy) is 2. The first-order valence-corrected chi connectivity index (χ1v) is 15.5. The molecular weight excluding hydrogens is 446 g/mol. The quantitative estimate of drug-likeness (QED) is 0.408. The van der Waals surface area contributed by atoms with Crippen molar-refractivity contribution in [3.63, 3.8) is 0 Å². The highest BCUT2D eigenvalue weighted by atomic mass is 28.3. The first-order chi connectivity index (χ1) is 15.7. The Morgan fingerprint density at radius 1 is 1.06 bits per heavy atom. The van der Waals surface area contributed by atoms with Gasteiger partial charge in [0.05, 0.1) is 42.6 Å². The topological polar surface area (TPSA) is 90.4 Å². The van der Waals surface area contributed by atoms with Crippen LogP contribution < -0.4 is 10.1 Å². The molecule has 0 unspecified atom stereocenters. The number of rotatable bonds is 7. The van der Waals surface area contributed by atoms with Crippen molar-refractivity contribution in [3.8, 4) is 5.75 Å². The summed E-state index contributed by atoms with van der Waals surface area (Å²) >= 11 is 0. The van der Waals surface area contributed by atoms with Crippen LogP contribution in [0.2, 0.25) is 25.7 Å². The van der Waals surface area contributed by atoms with Crippen LogP contribution in [0, 0.1) is 0 Å². The van der Waals surface area contributed by atoms with Gasteiger partial charge in [-0.25, -0.2) is 9.78 Å². The predicted molar refractivity (Wildman–Crippen MR) is 137 cm³/mol. The van der Waals surface area contributed by atoms with Crippen molar-refractivity contribution in [2.24, 2.45) is 0 Å². The van der Waals surface area contributed by atoms with Gasteiger partial charge in [0.15, 0.2) is 0 Å². The lowest BCUT2D eigenvalue weighted by atomic mass is 9.67. The van der Waals surface area contributed by atoms with Crippen LogP contribution in [0.5, 0.6) is 5.75 Å².